The predicted molar refractivity (Wildman–Crippen MR) is 115 cm³/mol. The Balaban J connectivity index is 1.72. The van der Waals surface area contributed by atoms with Gasteiger partial charge in [0, 0.05) is 23.8 Å². The van der Waals surface area contributed by atoms with Crippen molar-refractivity contribution in [3.8, 4) is 34.0 Å². The zero-order valence-electron chi connectivity index (χ0n) is 16.8. The van der Waals surface area contributed by atoms with Gasteiger partial charge in [-0.1, -0.05) is 47.6 Å². The van der Waals surface area contributed by atoms with E-state index in [-0.39, 0.29) is 0 Å². The molecule has 0 saturated carbocycles. The van der Waals surface area contributed by atoms with Crippen LogP contribution in [0.2, 0.25) is 0 Å². The van der Waals surface area contributed by atoms with Crippen LogP contribution >= 0.6 is 0 Å². The van der Waals surface area contributed by atoms with Crippen LogP contribution in [0.4, 0.5) is 0 Å². The predicted octanol–water partition coefficient (Wildman–Crippen LogP) is 4.62. The fraction of sp³-hybridized carbons (Fsp3) is 0.125. The minimum atomic E-state index is -0.503. The molecule has 4 aromatic rings. The summed E-state index contributed by atoms with van der Waals surface area (Å²) in [6.07, 6.45) is 0. The van der Waals surface area contributed by atoms with Crippen LogP contribution in [0.1, 0.15) is 21.5 Å². The van der Waals surface area contributed by atoms with Gasteiger partial charge in [0.25, 0.3) is 5.89 Å². The normalized spacial score (nSPS) is 10.9. The quantitative estimate of drug-likeness (QED) is 0.511. The van der Waals surface area contributed by atoms with Crippen molar-refractivity contribution >= 4 is 5.91 Å². The molecule has 0 saturated heterocycles. The number of nitrogens with two attached hydrogens (primary N) is 1. The Kier molecular flexibility index (Phi) is 5.41. The molecule has 150 valence electrons. The number of aromatic nitrogens is 2. The van der Waals surface area contributed by atoms with Crippen molar-refractivity contribution in [3.05, 3.63) is 83.4 Å². The van der Waals surface area contributed by atoms with E-state index in [1.165, 1.54) is 5.56 Å². The SMILES string of the molecule is COCc1cc(-c2nc(-c3cccc(C(N)=O)c3)no2)ccc1-c1ccccc1C. The molecular formula is C24H21N3O3. The van der Waals surface area contributed by atoms with E-state index >= 15 is 0 Å². The minimum Gasteiger partial charge on any atom is -0.380 e. The van der Waals surface area contributed by atoms with Crippen molar-refractivity contribution < 1.29 is 14.1 Å². The highest BCUT2D eigenvalue weighted by molar-refractivity contribution is 5.93. The number of benzene rings is 3. The number of hydrogen-bond donors (Lipinski definition) is 1. The van der Waals surface area contributed by atoms with Crippen LogP contribution in [-0.4, -0.2) is 23.2 Å². The lowest BCUT2D eigenvalue weighted by Crippen LogP contribution is -2.10. The number of carbonyl (C=O) groups is 1. The first-order chi connectivity index (χ1) is 14.6. The van der Waals surface area contributed by atoms with E-state index in [1.807, 2.05) is 30.3 Å². The molecule has 0 aliphatic rings. The Labute approximate surface area is 174 Å². The smallest absolute Gasteiger partial charge is 0.258 e. The van der Waals surface area contributed by atoms with E-state index in [0.717, 1.165) is 22.3 Å². The first kappa shape index (κ1) is 19.5. The lowest BCUT2D eigenvalue weighted by Gasteiger charge is -2.12. The number of nitrogens with zero attached hydrogens (tertiary/aromatic N) is 2. The van der Waals surface area contributed by atoms with Crippen LogP contribution in [0.3, 0.4) is 0 Å². The number of amides is 1. The second kappa shape index (κ2) is 8.31. The summed E-state index contributed by atoms with van der Waals surface area (Å²) in [6.45, 7) is 2.55. The van der Waals surface area contributed by atoms with Crippen LogP contribution in [0.5, 0.6) is 0 Å². The summed E-state index contributed by atoms with van der Waals surface area (Å²) >= 11 is 0. The molecule has 0 fully saturated rings. The van der Waals surface area contributed by atoms with Gasteiger partial charge in [-0.2, -0.15) is 4.98 Å². The summed E-state index contributed by atoms with van der Waals surface area (Å²) in [7, 11) is 1.67. The fourth-order valence-electron chi connectivity index (χ4n) is 3.41. The van der Waals surface area contributed by atoms with Gasteiger partial charge in [-0.25, -0.2) is 0 Å². The van der Waals surface area contributed by atoms with E-state index in [9.17, 15) is 4.79 Å². The van der Waals surface area contributed by atoms with Crippen LogP contribution in [0.15, 0.2) is 71.3 Å². The van der Waals surface area contributed by atoms with Gasteiger partial charge in [0.1, 0.15) is 0 Å². The Morgan fingerprint density at radius 1 is 1.00 bits per heavy atom. The average Bonchev–Trinajstić information content (AvgIpc) is 3.25. The first-order valence-corrected chi connectivity index (χ1v) is 9.49. The summed E-state index contributed by atoms with van der Waals surface area (Å²) in [4.78, 5) is 15.9. The highest BCUT2D eigenvalue weighted by Gasteiger charge is 2.15. The first-order valence-electron chi connectivity index (χ1n) is 9.49. The molecule has 0 atom stereocenters. The van der Waals surface area contributed by atoms with E-state index < -0.39 is 5.91 Å². The molecule has 6 heteroatoms. The molecule has 1 amide bonds. The second-order valence-electron chi connectivity index (χ2n) is 6.99. The molecule has 1 heterocycles. The minimum absolute atomic E-state index is 0.392. The average molecular weight is 399 g/mol. The number of rotatable bonds is 6. The Morgan fingerprint density at radius 2 is 1.83 bits per heavy atom. The number of primary amides is 1. The Hall–Kier alpha value is -3.77. The van der Waals surface area contributed by atoms with Gasteiger partial charge < -0.3 is 15.0 Å². The zero-order chi connectivity index (χ0) is 21.1. The van der Waals surface area contributed by atoms with Gasteiger partial charge in [-0.15, -0.1) is 0 Å². The fourth-order valence-corrected chi connectivity index (χ4v) is 3.41. The largest absolute Gasteiger partial charge is 0.380 e. The summed E-state index contributed by atoms with van der Waals surface area (Å²) in [5.41, 5.74) is 11.7. The lowest BCUT2D eigenvalue weighted by molar-refractivity contribution is 0.100. The number of hydrogen-bond acceptors (Lipinski definition) is 5. The van der Waals surface area contributed by atoms with Gasteiger partial charge in [0.15, 0.2) is 0 Å². The van der Waals surface area contributed by atoms with Gasteiger partial charge in [-0.05, 0) is 53.4 Å². The van der Waals surface area contributed by atoms with Gasteiger partial charge in [-0.3, -0.25) is 4.79 Å². The third kappa shape index (κ3) is 3.86. The molecule has 3 aromatic carbocycles. The highest BCUT2D eigenvalue weighted by atomic mass is 16.5. The highest BCUT2D eigenvalue weighted by Crippen LogP contribution is 2.31. The monoisotopic (exact) mass is 399 g/mol. The lowest BCUT2D eigenvalue weighted by atomic mass is 9.94. The molecule has 0 radical (unpaired) electrons. The van der Waals surface area contributed by atoms with Crippen molar-refractivity contribution in [2.75, 3.05) is 7.11 Å². The molecule has 30 heavy (non-hydrogen) atoms. The number of aryl methyl sites for hydroxylation is 1. The zero-order valence-corrected chi connectivity index (χ0v) is 16.8. The topological polar surface area (TPSA) is 91.2 Å². The second-order valence-corrected chi connectivity index (χ2v) is 6.99. The molecule has 0 spiro atoms. The molecule has 6 nitrogen and oxygen atoms in total. The maximum atomic E-state index is 11.4. The number of methoxy groups -OCH3 is 1. The van der Waals surface area contributed by atoms with Gasteiger partial charge >= 0.3 is 0 Å². The van der Waals surface area contributed by atoms with Crippen molar-refractivity contribution in [1.82, 2.24) is 10.1 Å². The third-order valence-electron chi connectivity index (χ3n) is 4.92. The van der Waals surface area contributed by atoms with E-state index in [2.05, 4.69) is 29.2 Å². The van der Waals surface area contributed by atoms with Crippen LogP contribution in [-0.2, 0) is 11.3 Å². The van der Waals surface area contributed by atoms with Crippen LogP contribution < -0.4 is 5.73 Å². The van der Waals surface area contributed by atoms with Gasteiger partial charge in [0.05, 0.1) is 6.61 Å². The van der Waals surface area contributed by atoms with Crippen LogP contribution in [0, 0.1) is 6.92 Å². The van der Waals surface area contributed by atoms with Crippen molar-refractivity contribution in [2.45, 2.75) is 13.5 Å². The summed E-state index contributed by atoms with van der Waals surface area (Å²) in [5.74, 6) is 0.282. The van der Waals surface area contributed by atoms with Crippen molar-refractivity contribution in [3.63, 3.8) is 0 Å². The van der Waals surface area contributed by atoms with Crippen molar-refractivity contribution in [1.29, 1.82) is 0 Å². The number of ether oxygens (including phenoxy) is 1. The summed E-state index contributed by atoms with van der Waals surface area (Å²) in [5, 5.41) is 4.06. The molecule has 0 aliphatic heterocycles. The molecule has 0 unspecified atom stereocenters. The molecule has 2 N–H and O–H groups in total. The third-order valence-corrected chi connectivity index (χ3v) is 4.92. The standard InChI is InChI=1S/C24H21N3O3/c1-15-6-3-4-9-20(15)21-11-10-18(13-19(21)14-29-2)24-26-23(27-30-24)17-8-5-7-16(12-17)22(25)28/h3-13H,14H2,1-2H3,(H2,25,28). The summed E-state index contributed by atoms with van der Waals surface area (Å²) < 4.78 is 10.9. The Morgan fingerprint density at radius 3 is 2.60 bits per heavy atom. The maximum Gasteiger partial charge on any atom is 0.258 e. The van der Waals surface area contributed by atoms with E-state index in [1.54, 1.807) is 31.4 Å². The molecule has 0 aliphatic carbocycles. The van der Waals surface area contributed by atoms with E-state index in [4.69, 9.17) is 15.0 Å². The van der Waals surface area contributed by atoms with Gasteiger partial charge in [0.2, 0.25) is 11.7 Å². The summed E-state index contributed by atoms with van der Waals surface area (Å²) in [6, 6.07) is 21.1. The molecule has 4 rings (SSSR count). The molecule has 1 aromatic heterocycles. The van der Waals surface area contributed by atoms with E-state index in [0.29, 0.717) is 29.4 Å². The maximum absolute atomic E-state index is 11.4. The molecular weight excluding hydrogens is 378 g/mol. The van der Waals surface area contributed by atoms with Crippen molar-refractivity contribution in [2.24, 2.45) is 5.73 Å². The van der Waals surface area contributed by atoms with Crippen LogP contribution in [0.25, 0.3) is 34.0 Å². The number of carbonyl (C=O) groups excluding carboxylic acids is 1. The molecule has 0 bridgehead atoms. The Bertz CT molecular complexity index is 1210.